The molecule has 1 N–H and O–H groups in total. The molecular formula is C4H4F2N2O. The van der Waals surface area contributed by atoms with Crippen LogP contribution in [-0.2, 0) is 4.79 Å². The number of rotatable bonds is 2. The molecule has 0 saturated heterocycles. The van der Waals surface area contributed by atoms with E-state index in [4.69, 9.17) is 5.26 Å². The fraction of sp³-hybridized carbons (Fsp3) is 0.500. The van der Waals surface area contributed by atoms with Crippen LogP contribution < -0.4 is 5.32 Å². The molecule has 0 atom stereocenters. The van der Waals surface area contributed by atoms with Gasteiger partial charge in [0.15, 0.2) is 0 Å². The smallest absolute Gasteiger partial charge is 0.315 e. The summed E-state index contributed by atoms with van der Waals surface area (Å²) in [6.45, 7) is -0.372. The van der Waals surface area contributed by atoms with Gasteiger partial charge in [0.2, 0.25) is 0 Å². The first kappa shape index (κ1) is 7.82. The van der Waals surface area contributed by atoms with E-state index in [-0.39, 0.29) is 6.54 Å². The van der Waals surface area contributed by atoms with Gasteiger partial charge in [0.05, 0.1) is 6.07 Å². The molecule has 0 aromatic carbocycles. The lowest BCUT2D eigenvalue weighted by Crippen LogP contribution is -2.29. The number of nitrogens with zero attached hydrogens (tertiary/aromatic N) is 1. The molecule has 0 radical (unpaired) electrons. The van der Waals surface area contributed by atoms with E-state index in [9.17, 15) is 13.6 Å². The van der Waals surface area contributed by atoms with E-state index in [0.717, 1.165) is 0 Å². The first-order valence-electron chi connectivity index (χ1n) is 2.11. The number of amides is 1. The van der Waals surface area contributed by atoms with Gasteiger partial charge in [-0.2, -0.15) is 14.0 Å². The van der Waals surface area contributed by atoms with Crippen LogP contribution in [-0.4, -0.2) is 18.9 Å². The van der Waals surface area contributed by atoms with Gasteiger partial charge in [-0.05, 0) is 0 Å². The Morgan fingerprint density at radius 2 is 2.33 bits per heavy atom. The average molecular weight is 134 g/mol. The molecule has 0 rings (SSSR count). The molecule has 0 fully saturated rings. The van der Waals surface area contributed by atoms with Gasteiger partial charge in [-0.1, -0.05) is 0 Å². The van der Waals surface area contributed by atoms with Crippen molar-refractivity contribution in [3.05, 3.63) is 0 Å². The number of carbonyl (C=O) groups is 1. The molecule has 0 spiro atoms. The second kappa shape index (κ2) is 3.78. The summed E-state index contributed by atoms with van der Waals surface area (Å²) in [6, 6.07) is 1.49. The third-order valence-electron chi connectivity index (χ3n) is 0.540. The highest BCUT2D eigenvalue weighted by molar-refractivity contribution is 5.79. The fourth-order valence-corrected chi connectivity index (χ4v) is 0.204. The monoisotopic (exact) mass is 134 g/mol. The van der Waals surface area contributed by atoms with Crippen molar-refractivity contribution in [2.45, 2.75) is 6.43 Å². The van der Waals surface area contributed by atoms with Crippen LogP contribution in [0.2, 0.25) is 0 Å². The number of hydrogen-bond acceptors (Lipinski definition) is 2. The van der Waals surface area contributed by atoms with Gasteiger partial charge in [0.25, 0.3) is 5.91 Å². The number of halogens is 2. The zero-order valence-electron chi connectivity index (χ0n) is 4.40. The molecule has 0 aromatic rings. The highest BCUT2D eigenvalue weighted by atomic mass is 19.3. The fourth-order valence-electron chi connectivity index (χ4n) is 0.204. The lowest BCUT2D eigenvalue weighted by atomic mass is 10.6. The summed E-state index contributed by atoms with van der Waals surface area (Å²) in [6.07, 6.45) is -3.03. The van der Waals surface area contributed by atoms with Crippen molar-refractivity contribution in [2.24, 2.45) is 0 Å². The van der Waals surface area contributed by atoms with E-state index in [1.165, 1.54) is 6.07 Å². The molecule has 1 amide bonds. The summed E-state index contributed by atoms with van der Waals surface area (Å²) >= 11 is 0. The molecule has 3 nitrogen and oxygen atoms in total. The van der Waals surface area contributed by atoms with Crippen LogP contribution >= 0.6 is 0 Å². The summed E-state index contributed by atoms with van der Waals surface area (Å²) in [5.74, 6) is -1.41. The molecule has 9 heavy (non-hydrogen) atoms. The summed E-state index contributed by atoms with van der Waals surface area (Å²) in [5.41, 5.74) is 0. The SMILES string of the molecule is N#CCNC(=O)C(F)F. The van der Waals surface area contributed by atoms with Crippen LogP contribution in [0.3, 0.4) is 0 Å². The Bertz CT molecular complexity index is 140. The molecule has 0 aromatic heterocycles. The predicted molar refractivity (Wildman–Crippen MR) is 24.6 cm³/mol. The largest absolute Gasteiger partial charge is 0.338 e. The molecular weight excluding hydrogens is 130 g/mol. The minimum absolute atomic E-state index is 0.372. The van der Waals surface area contributed by atoms with Gasteiger partial charge in [0, 0.05) is 0 Å². The van der Waals surface area contributed by atoms with Crippen LogP contribution in [0.15, 0.2) is 0 Å². The van der Waals surface area contributed by atoms with Crippen molar-refractivity contribution in [1.82, 2.24) is 5.32 Å². The number of alkyl halides is 2. The molecule has 0 heterocycles. The number of nitriles is 1. The molecule has 50 valence electrons. The third kappa shape index (κ3) is 3.41. The van der Waals surface area contributed by atoms with Gasteiger partial charge in [-0.3, -0.25) is 4.79 Å². The van der Waals surface area contributed by atoms with Gasteiger partial charge in [0.1, 0.15) is 6.54 Å². The quantitative estimate of drug-likeness (QED) is 0.536. The second-order valence-electron chi connectivity index (χ2n) is 1.18. The molecule has 5 heteroatoms. The molecule has 0 aliphatic rings. The predicted octanol–water partition coefficient (Wildman–Crippen LogP) is -0.109. The normalized spacial score (nSPS) is 8.67. The molecule has 0 saturated carbocycles. The van der Waals surface area contributed by atoms with Crippen molar-refractivity contribution >= 4 is 5.91 Å². The van der Waals surface area contributed by atoms with E-state index in [1.54, 1.807) is 5.32 Å². The minimum Gasteiger partial charge on any atom is -0.338 e. The topological polar surface area (TPSA) is 52.9 Å². The average Bonchev–Trinajstić information content (AvgIpc) is 1.82. The summed E-state index contributed by atoms with van der Waals surface area (Å²) in [7, 11) is 0. The van der Waals surface area contributed by atoms with Crippen LogP contribution in [0.1, 0.15) is 0 Å². The van der Waals surface area contributed by atoms with Gasteiger partial charge < -0.3 is 5.32 Å². The number of nitrogens with one attached hydrogen (secondary N) is 1. The Labute approximate surface area is 50.3 Å². The summed E-state index contributed by atoms with van der Waals surface area (Å²) in [5, 5.41) is 9.47. The van der Waals surface area contributed by atoms with E-state index >= 15 is 0 Å². The Hall–Kier alpha value is -1.18. The molecule has 0 aliphatic carbocycles. The van der Waals surface area contributed by atoms with Crippen molar-refractivity contribution in [3.63, 3.8) is 0 Å². The van der Waals surface area contributed by atoms with Crippen LogP contribution in [0.25, 0.3) is 0 Å². The Morgan fingerprint density at radius 1 is 1.78 bits per heavy atom. The van der Waals surface area contributed by atoms with Crippen molar-refractivity contribution in [1.29, 1.82) is 5.26 Å². The maximum absolute atomic E-state index is 11.2. The third-order valence-corrected chi connectivity index (χ3v) is 0.540. The minimum atomic E-state index is -3.03. The highest BCUT2D eigenvalue weighted by Crippen LogP contribution is 1.88. The van der Waals surface area contributed by atoms with Crippen molar-refractivity contribution in [2.75, 3.05) is 6.54 Å². The lowest BCUT2D eigenvalue weighted by molar-refractivity contribution is -0.131. The number of hydrogen-bond donors (Lipinski definition) is 1. The van der Waals surface area contributed by atoms with Crippen molar-refractivity contribution in [3.8, 4) is 6.07 Å². The second-order valence-corrected chi connectivity index (χ2v) is 1.18. The van der Waals surface area contributed by atoms with Crippen LogP contribution in [0.4, 0.5) is 8.78 Å². The maximum atomic E-state index is 11.2. The van der Waals surface area contributed by atoms with Crippen LogP contribution in [0.5, 0.6) is 0 Å². The van der Waals surface area contributed by atoms with Crippen molar-refractivity contribution < 1.29 is 13.6 Å². The van der Waals surface area contributed by atoms with Crippen LogP contribution in [0, 0.1) is 11.3 Å². The Morgan fingerprint density at radius 3 is 2.67 bits per heavy atom. The zero-order valence-corrected chi connectivity index (χ0v) is 4.40. The maximum Gasteiger partial charge on any atom is 0.315 e. The first-order valence-corrected chi connectivity index (χ1v) is 2.11. The Balaban J connectivity index is 3.42. The van der Waals surface area contributed by atoms with E-state index in [1.807, 2.05) is 0 Å². The molecule has 0 bridgehead atoms. The highest BCUT2D eigenvalue weighted by Gasteiger charge is 2.12. The van der Waals surface area contributed by atoms with E-state index in [0.29, 0.717) is 0 Å². The van der Waals surface area contributed by atoms with Gasteiger partial charge in [-0.25, -0.2) is 0 Å². The zero-order chi connectivity index (χ0) is 7.28. The van der Waals surface area contributed by atoms with E-state index in [2.05, 4.69) is 0 Å². The Kier molecular flexibility index (Phi) is 3.28. The summed E-state index contributed by atoms with van der Waals surface area (Å²) in [4.78, 5) is 9.89. The van der Waals surface area contributed by atoms with Gasteiger partial charge >= 0.3 is 6.43 Å². The molecule has 0 aliphatic heterocycles. The first-order chi connectivity index (χ1) is 4.18. The van der Waals surface area contributed by atoms with Gasteiger partial charge in [-0.15, -0.1) is 0 Å². The van der Waals surface area contributed by atoms with E-state index < -0.39 is 12.3 Å². The summed E-state index contributed by atoms with van der Waals surface area (Å²) < 4.78 is 22.5. The standard InChI is InChI=1S/C4H4F2N2O/c5-3(6)4(9)8-2-1-7/h3H,2H2,(H,8,9). The lowest BCUT2D eigenvalue weighted by Gasteiger charge is -1.95. The number of carbonyl (C=O) groups excluding carboxylic acids is 1. The molecule has 0 unspecified atom stereocenters.